The zero-order chi connectivity index (χ0) is 9.28. The van der Waals surface area contributed by atoms with Gasteiger partial charge in [-0.05, 0) is 18.8 Å². The minimum Gasteiger partial charge on any atom is -0.361 e. The lowest BCUT2D eigenvalue weighted by Crippen LogP contribution is -2.10. The van der Waals surface area contributed by atoms with Crippen LogP contribution in [0, 0.1) is 0 Å². The fourth-order valence-corrected chi connectivity index (χ4v) is 0.430. The first-order chi connectivity index (χ1) is 5.00. The van der Waals surface area contributed by atoms with Crippen molar-refractivity contribution in [3.05, 3.63) is 0 Å². The average Bonchev–Trinajstić information content (AvgIpc) is 1.82. The number of thioether (sulfide) groups is 1. The van der Waals surface area contributed by atoms with E-state index in [1.165, 1.54) is 0 Å². The van der Waals surface area contributed by atoms with Crippen molar-refractivity contribution >= 4 is 34.9 Å². The molecule has 0 aliphatic heterocycles. The molecule has 7 heteroatoms. The number of nitrogens with two attached hydrogens (primary N) is 2. The van der Waals surface area contributed by atoms with E-state index in [-0.39, 0.29) is 5.24 Å². The fraction of sp³-hybridized carbons (Fsp3) is 0.500. The summed E-state index contributed by atoms with van der Waals surface area (Å²) in [6.07, 6.45) is 0. The van der Waals surface area contributed by atoms with Gasteiger partial charge in [0, 0.05) is 0 Å². The van der Waals surface area contributed by atoms with Crippen LogP contribution < -0.4 is 16.8 Å². The first-order valence-corrected chi connectivity index (χ1v) is 3.99. The number of hydrogen-bond donors (Lipinski definition) is 4. The highest BCUT2D eigenvalue weighted by Gasteiger charge is 1.87. The second-order valence-corrected chi connectivity index (χ2v) is 2.72. The maximum Gasteiger partial charge on any atom is 0.277 e. The Labute approximate surface area is 74.7 Å². The molecular weight excluding hydrogens is 186 g/mol. The van der Waals surface area contributed by atoms with Crippen LogP contribution in [0.25, 0.3) is 0 Å². The summed E-state index contributed by atoms with van der Waals surface area (Å²) in [4.78, 5) is 19.0. The summed E-state index contributed by atoms with van der Waals surface area (Å²) >= 11 is 4.16. The highest BCUT2D eigenvalue weighted by molar-refractivity contribution is 8.13. The molecule has 0 radical (unpaired) electrons. The van der Waals surface area contributed by atoms with Crippen LogP contribution in [0.1, 0.15) is 0 Å². The van der Waals surface area contributed by atoms with Gasteiger partial charge in [0.2, 0.25) is 0 Å². The Balaban J connectivity index is 0. The molecular formula is C4H11N3O2S2. The van der Waals surface area contributed by atoms with Crippen LogP contribution in [0.5, 0.6) is 0 Å². The second kappa shape index (κ2) is 9.60. The number of carbonyl (C=O) groups excluding carboxylic acids is 2. The van der Waals surface area contributed by atoms with Gasteiger partial charge in [-0.2, -0.15) is 0 Å². The maximum atomic E-state index is 9.90. The predicted molar refractivity (Wildman–Crippen MR) is 49.7 cm³/mol. The van der Waals surface area contributed by atoms with Gasteiger partial charge < -0.3 is 16.8 Å². The lowest BCUT2D eigenvalue weighted by Gasteiger charge is -1.89. The molecule has 0 aliphatic carbocycles. The zero-order valence-corrected chi connectivity index (χ0v) is 7.74. The molecule has 0 spiro atoms. The number of hydrogen-bond acceptors (Lipinski definition) is 4. The number of primary amides is 2. The molecule has 0 bridgehead atoms. The van der Waals surface area contributed by atoms with Gasteiger partial charge in [-0.1, -0.05) is 12.6 Å². The van der Waals surface area contributed by atoms with Crippen molar-refractivity contribution in [3.8, 4) is 0 Å². The first-order valence-electron chi connectivity index (χ1n) is 2.56. The summed E-state index contributed by atoms with van der Waals surface area (Å²) < 4.78 is 0. The van der Waals surface area contributed by atoms with Crippen molar-refractivity contribution in [1.82, 2.24) is 5.32 Å². The molecule has 0 aliphatic rings. The van der Waals surface area contributed by atoms with E-state index in [1.807, 2.05) is 0 Å². The third-order valence-corrected chi connectivity index (χ3v) is 1.08. The zero-order valence-electron chi connectivity index (χ0n) is 6.03. The molecule has 2 amide bonds. The molecule has 0 unspecified atom stereocenters. The summed E-state index contributed by atoms with van der Waals surface area (Å²) in [5.74, 6) is 0.593. The van der Waals surface area contributed by atoms with E-state index in [9.17, 15) is 4.79 Å². The molecule has 0 aromatic carbocycles. The first kappa shape index (κ1) is 13.2. The molecule has 0 aromatic heterocycles. The number of carbonyl (C=O) groups is 2. The van der Waals surface area contributed by atoms with Crippen molar-refractivity contribution in [1.29, 1.82) is 0 Å². The Morgan fingerprint density at radius 3 is 2.00 bits per heavy atom. The molecule has 5 nitrogen and oxygen atoms in total. The standard InChI is InChI=1S/C3H8N2OS.CH3NOS/c1-5-2-7-3(4)6;2-1(3)4/h5H,2H2,1H3,(H2,4,6);(H3,2,3,4). The molecule has 0 fully saturated rings. The normalized spacial score (nSPS) is 7.82. The van der Waals surface area contributed by atoms with Gasteiger partial charge in [0.25, 0.3) is 10.5 Å². The Morgan fingerprint density at radius 1 is 1.55 bits per heavy atom. The lowest BCUT2D eigenvalue weighted by atomic mass is 11.3. The SMILES string of the molecule is CNCSC(N)=O.NC(=O)S. The molecule has 0 saturated heterocycles. The van der Waals surface area contributed by atoms with E-state index in [0.717, 1.165) is 11.8 Å². The summed E-state index contributed by atoms with van der Waals surface area (Å²) in [5.41, 5.74) is 9.10. The lowest BCUT2D eigenvalue weighted by molar-refractivity contribution is 0.266. The fourth-order valence-electron chi connectivity index (χ4n) is 0.143. The van der Waals surface area contributed by atoms with E-state index in [2.05, 4.69) is 23.7 Å². The number of rotatable bonds is 2. The minimum atomic E-state index is -0.639. The third-order valence-electron chi connectivity index (χ3n) is 0.359. The molecule has 5 N–H and O–H groups in total. The van der Waals surface area contributed by atoms with E-state index >= 15 is 0 Å². The van der Waals surface area contributed by atoms with Gasteiger partial charge in [-0.15, -0.1) is 0 Å². The third kappa shape index (κ3) is 42.8. The van der Waals surface area contributed by atoms with E-state index in [4.69, 9.17) is 10.5 Å². The van der Waals surface area contributed by atoms with Crippen LogP contribution in [-0.2, 0) is 0 Å². The number of amides is 2. The van der Waals surface area contributed by atoms with Crippen LogP contribution >= 0.6 is 24.4 Å². The van der Waals surface area contributed by atoms with E-state index in [1.54, 1.807) is 7.05 Å². The maximum absolute atomic E-state index is 9.90. The van der Waals surface area contributed by atoms with Crippen LogP contribution in [0.3, 0.4) is 0 Å². The van der Waals surface area contributed by atoms with Crippen molar-refractivity contribution in [2.75, 3.05) is 12.9 Å². The van der Waals surface area contributed by atoms with Gasteiger partial charge in [0.1, 0.15) is 0 Å². The van der Waals surface area contributed by atoms with Gasteiger partial charge in [-0.3, -0.25) is 9.59 Å². The smallest absolute Gasteiger partial charge is 0.277 e. The Bertz CT molecular complexity index is 127. The highest BCUT2D eigenvalue weighted by atomic mass is 32.2. The summed E-state index contributed by atoms with van der Waals surface area (Å²) in [7, 11) is 1.76. The van der Waals surface area contributed by atoms with Gasteiger partial charge in [0.05, 0.1) is 5.88 Å². The Kier molecular flexibility index (Phi) is 11.5. The largest absolute Gasteiger partial charge is 0.361 e. The Hall–Kier alpha value is -0.400. The quantitative estimate of drug-likeness (QED) is 0.369. The Morgan fingerprint density at radius 2 is 1.91 bits per heavy atom. The average molecular weight is 197 g/mol. The summed E-state index contributed by atoms with van der Waals surface area (Å²) in [5, 5.41) is 1.78. The van der Waals surface area contributed by atoms with Crippen molar-refractivity contribution < 1.29 is 9.59 Å². The molecule has 66 valence electrons. The summed E-state index contributed by atoms with van der Waals surface area (Å²) in [6, 6.07) is 0. The molecule has 0 heterocycles. The van der Waals surface area contributed by atoms with Gasteiger partial charge in [0.15, 0.2) is 0 Å². The highest BCUT2D eigenvalue weighted by Crippen LogP contribution is 1.92. The van der Waals surface area contributed by atoms with E-state index in [0.29, 0.717) is 5.88 Å². The van der Waals surface area contributed by atoms with Crippen LogP contribution in [-0.4, -0.2) is 23.4 Å². The van der Waals surface area contributed by atoms with Crippen molar-refractivity contribution in [3.63, 3.8) is 0 Å². The van der Waals surface area contributed by atoms with Gasteiger partial charge in [-0.25, -0.2) is 0 Å². The van der Waals surface area contributed by atoms with Gasteiger partial charge >= 0.3 is 0 Å². The monoisotopic (exact) mass is 197 g/mol. The minimum absolute atomic E-state index is 0.339. The van der Waals surface area contributed by atoms with Crippen LogP contribution in [0.15, 0.2) is 0 Å². The molecule has 0 rings (SSSR count). The van der Waals surface area contributed by atoms with E-state index < -0.39 is 5.24 Å². The number of nitrogens with one attached hydrogen (secondary N) is 1. The molecule has 0 atom stereocenters. The van der Waals surface area contributed by atoms with Crippen LogP contribution in [0.2, 0.25) is 0 Å². The molecule has 11 heavy (non-hydrogen) atoms. The molecule has 0 aromatic rings. The number of thiol groups is 1. The van der Waals surface area contributed by atoms with Crippen molar-refractivity contribution in [2.24, 2.45) is 11.5 Å². The second-order valence-electron chi connectivity index (χ2n) is 1.30. The van der Waals surface area contributed by atoms with Crippen LogP contribution in [0.4, 0.5) is 9.59 Å². The predicted octanol–water partition coefficient (Wildman–Crippen LogP) is -0.0299. The topological polar surface area (TPSA) is 98.2 Å². The summed E-state index contributed by atoms with van der Waals surface area (Å²) in [6.45, 7) is 0. The molecule has 0 saturated carbocycles. The van der Waals surface area contributed by atoms with Crippen molar-refractivity contribution in [2.45, 2.75) is 0 Å².